The van der Waals surface area contributed by atoms with Gasteiger partial charge in [0.25, 0.3) is 0 Å². The van der Waals surface area contributed by atoms with E-state index in [-0.39, 0.29) is 6.03 Å². The molecule has 1 saturated heterocycles. The molecule has 20 heavy (non-hydrogen) atoms. The molecule has 1 saturated carbocycles. The van der Waals surface area contributed by atoms with Gasteiger partial charge in [0.1, 0.15) is 0 Å². The summed E-state index contributed by atoms with van der Waals surface area (Å²) >= 11 is 0. The third kappa shape index (κ3) is 3.87. The molecule has 2 aliphatic rings. The monoisotopic (exact) mass is 282 g/mol. The zero-order valence-electron chi connectivity index (χ0n) is 12.5. The molecule has 2 fully saturated rings. The highest BCUT2D eigenvalue weighted by Gasteiger charge is 2.32. The second-order valence-electron chi connectivity index (χ2n) is 7.08. The predicted octanol–water partition coefficient (Wildman–Crippen LogP) is 2.32. The Labute approximate surface area is 120 Å². The van der Waals surface area contributed by atoms with Crippen molar-refractivity contribution in [2.45, 2.75) is 46.0 Å². The van der Waals surface area contributed by atoms with E-state index >= 15 is 0 Å². The molecular weight excluding hydrogens is 256 g/mol. The number of carbonyl (C=O) groups excluding carboxylic acids is 1. The van der Waals surface area contributed by atoms with E-state index in [9.17, 15) is 9.59 Å². The minimum Gasteiger partial charge on any atom is -0.481 e. The van der Waals surface area contributed by atoms with E-state index in [4.69, 9.17) is 5.11 Å². The van der Waals surface area contributed by atoms with Crippen LogP contribution in [0.15, 0.2) is 0 Å². The molecule has 1 heterocycles. The van der Waals surface area contributed by atoms with Crippen molar-refractivity contribution in [3.05, 3.63) is 0 Å². The van der Waals surface area contributed by atoms with Crippen molar-refractivity contribution in [1.82, 2.24) is 10.2 Å². The van der Waals surface area contributed by atoms with Crippen molar-refractivity contribution >= 4 is 12.0 Å². The number of carbonyl (C=O) groups is 2. The molecule has 1 aliphatic heterocycles. The van der Waals surface area contributed by atoms with Gasteiger partial charge in [0.05, 0.1) is 5.92 Å². The van der Waals surface area contributed by atoms with Crippen molar-refractivity contribution in [1.29, 1.82) is 0 Å². The number of nitrogens with one attached hydrogen (secondary N) is 1. The first-order valence-electron chi connectivity index (χ1n) is 7.63. The lowest BCUT2D eigenvalue weighted by Crippen LogP contribution is -2.42. The third-order valence-corrected chi connectivity index (χ3v) is 4.67. The summed E-state index contributed by atoms with van der Waals surface area (Å²) in [5, 5.41) is 11.9. The maximum atomic E-state index is 12.0. The number of rotatable bonds is 3. The summed E-state index contributed by atoms with van der Waals surface area (Å²) in [5.41, 5.74) is 0.385. The first-order valence-corrected chi connectivity index (χ1v) is 7.63. The summed E-state index contributed by atoms with van der Waals surface area (Å²) in [6.07, 6.45) is 5.41. The fourth-order valence-electron chi connectivity index (χ4n) is 3.52. The topological polar surface area (TPSA) is 69.6 Å². The molecule has 5 nitrogen and oxygen atoms in total. The average Bonchev–Trinajstić information content (AvgIpc) is 2.84. The van der Waals surface area contributed by atoms with Crippen molar-refractivity contribution < 1.29 is 14.7 Å². The summed E-state index contributed by atoms with van der Waals surface area (Å²) < 4.78 is 0. The van der Waals surface area contributed by atoms with Crippen LogP contribution in [0.5, 0.6) is 0 Å². The Morgan fingerprint density at radius 1 is 1.35 bits per heavy atom. The van der Waals surface area contributed by atoms with Crippen LogP contribution in [0, 0.1) is 17.3 Å². The minimum absolute atomic E-state index is 0.0999. The molecule has 0 aromatic carbocycles. The molecule has 2 N–H and O–H groups in total. The van der Waals surface area contributed by atoms with E-state index in [1.807, 2.05) is 0 Å². The van der Waals surface area contributed by atoms with Crippen LogP contribution in [0.25, 0.3) is 0 Å². The van der Waals surface area contributed by atoms with Crippen molar-refractivity contribution in [2.24, 2.45) is 17.3 Å². The predicted molar refractivity (Wildman–Crippen MR) is 76.5 cm³/mol. The van der Waals surface area contributed by atoms with Gasteiger partial charge in [-0.25, -0.2) is 4.79 Å². The van der Waals surface area contributed by atoms with Gasteiger partial charge in [0.15, 0.2) is 0 Å². The van der Waals surface area contributed by atoms with Gasteiger partial charge >= 0.3 is 12.0 Å². The number of hydrogen-bond donors (Lipinski definition) is 2. The molecule has 5 heteroatoms. The molecule has 2 amide bonds. The number of urea groups is 1. The van der Waals surface area contributed by atoms with Gasteiger partial charge in [0, 0.05) is 19.6 Å². The average molecular weight is 282 g/mol. The van der Waals surface area contributed by atoms with E-state index in [2.05, 4.69) is 19.2 Å². The molecular formula is C15H26N2O3. The Bertz CT molecular complexity index is 381. The number of nitrogens with zero attached hydrogens (tertiary/aromatic N) is 1. The fraction of sp³-hybridized carbons (Fsp3) is 0.867. The molecule has 0 bridgehead atoms. The number of amides is 2. The van der Waals surface area contributed by atoms with Crippen LogP contribution in [-0.4, -0.2) is 41.6 Å². The van der Waals surface area contributed by atoms with E-state index in [1.165, 1.54) is 19.3 Å². The van der Waals surface area contributed by atoms with Crippen LogP contribution in [0.1, 0.15) is 46.0 Å². The smallest absolute Gasteiger partial charge is 0.317 e. The fourth-order valence-corrected chi connectivity index (χ4v) is 3.52. The summed E-state index contributed by atoms with van der Waals surface area (Å²) in [4.78, 5) is 24.6. The van der Waals surface area contributed by atoms with Crippen LogP contribution in [-0.2, 0) is 4.79 Å². The van der Waals surface area contributed by atoms with Crippen molar-refractivity contribution in [3.63, 3.8) is 0 Å². The molecule has 114 valence electrons. The Morgan fingerprint density at radius 3 is 2.70 bits per heavy atom. The molecule has 0 aromatic rings. The maximum absolute atomic E-state index is 12.0. The van der Waals surface area contributed by atoms with Gasteiger partial charge in [-0.15, -0.1) is 0 Å². The Hall–Kier alpha value is -1.26. The van der Waals surface area contributed by atoms with Gasteiger partial charge in [-0.3, -0.25) is 4.79 Å². The molecule has 2 rings (SSSR count). The van der Waals surface area contributed by atoms with Gasteiger partial charge in [0.2, 0.25) is 0 Å². The van der Waals surface area contributed by atoms with E-state index < -0.39 is 11.9 Å². The Kier molecular flexibility index (Phi) is 4.55. The van der Waals surface area contributed by atoms with E-state index in [0.717, 1.165) is 13.0 Å². The molecule has 2 unspecified atom stereocenters. The minimum atomic E-state index is -0.797. The highest BCUT2D eigenvalue weighted by atomic mass is 16.4. The van der Waals surface area contributed by atoms with E-state index in [0.29, 0.717) is 30.8 Å². The largest absolute Gasteiger partial charge is 0.481 e. The van der Waals surface area contributed by atoms with Gasteiger partial charge < -0.3 is 15.3 Å². The van der Waals surface area contributed by atoms with Crippen LogP contribution in [0.3, 0.4) is 0 Å². The molecule has 0 spiro atoms. The summed E-state index contributed by atoms with van der Waals surface area (Å²) in [7, 11) is 0. The molecule has 0 radical (unpaired) electrons. The molecule has 2 atom stereocenters. The standard InChI is InChI=1S/C15H26N2O3/c1-15(2)6-3-4-11(8-15)9-16-14(20)17-7-5-12(10-17)13(18)19/h11-12H,3-10H2,1-2H3,(H,16,20)(H,18,19). The van der Waals surface area contributed by atoms with Gasteiger partial charge in [-0.2, -0.15) is 0 Å². The second kappa shape index (κ2) is 6.02. The number of likely N-dealkylation sites (tertiary alicyclic amines) is 1. The Balaban J connectivity index is 1.74. The van der Waals surface area contributed by atoms with Crippen LogP contribution in [0.2, 0.25) is 0 Å². The van der Waals surface area contributed by atoms with Crippen molar-refractivity contribution in [2.75, 3.05) is 19.6 Å². The quantitative estimate of drug-likeness (QED) is 0.834. The van der Waals surface area contributed by atoms with Crippen LogP contribution >= 0.6 is 0 Å². The van der Waals surface area contributed by atoms with E-state index in [1.54, 1.807) is 4.90 Å². The van der Waals surface area contributed by atoms with Crippen molar-refractivity contribution in [3.8, 4) is 0 Å². The first kappa shape index (κ1) is 15.1. The highest BCUT2D eigenvalue weighted by molar-refractivity contribution is 5.77. The molecule has 0 aromatic heterocycles. The summed E-state index contributed by atoms with van der Waals surface area (Å²) in [6.45, 7) is 6.20. The second-order valence-corrected chi connectivity index (χ2v) is 7.08. The number of aliphatic carboxylic acids is 1. The maximum Gasteiger partial charge on any atom is 0.317 e. The van der Waals surface area contributed by atoms with Crippen LogP contribution < -0.4 is 5.32 Å². The van der Waals surface area contributed by atoms with Gasteiger partial charge in [-0.05, 0) is 37.0 Å². The zero-order chi connectivity index (χ0) is 14.8. The lowest BCUT2D eigenvalue weighted by atomic mass is 9.72. The summed E-state index contributed by atoms with van der Waals surface area (Å²) in [6, 6.07) is -0.0999. The first-order chi connectivity index (χ1) is 9.37. The zero-order valence-corrected chi connectivity index (χ0v) is 12.5. The number of hydrogen-bond acceptors (Lipinski definition) is 2. The normalized spacial score (nSPS) is 29.2. The molecule has 1 aliphatic carbocycles. The number of carboxylic acids is 1. The lowest BCUT2D eigenvalue weighted by Gasteiger charge is -2.35. The van der Waals surface area contributed by atoms with Crippen LogP contribution in [0.4, 0.5) is 4.79 Å². The van der Waals surface area contributed by atoms with Gasteiger partial charge in [-0.1, -0.05) is 20.3 Å². The summed E-state index contributed by atoms with van der Waals surface area (Å²) in [5.74, 6) is -0.635. The SMILES string of the molecule is CC1(C)CCCC(CNC(=O)N2CCC(C(=O)O)C2)C1. The lowest BCUT2D eigenvalue weighted by molar-refractivity contribution is -0.141. The Morgan fingerprint density at radius 2 is 2.10 bits per heavy atom. The number of carboxylic acid groups (broad SMARTS) is 1. The highest BCUT2D eigenvalue weighted by Crippen LogP contribution is 2.38. The third-order valence-electron chi connectivity index (χ3n) is 4.67.